The van der Waals surface area contributed by atoms with Gasteiger partial charge in [0.2, 0.25) is 11.8 Å². The molecule has 0 spiro atoms. The highest BCUT2D eigenvalue weighted by atomic mass is 35.5. The first-order valence-electron chi connectivity index (χ1n) is 5.04. The van der Waals surface area contributed by atoms with Crippen LogP contribution in [0.3, 0.4) is 0 Å². The quantitative estimate of drug-likeness (QED) is 0.792. The van der Waals surface area contributed by atoms with E-state index in [1.165, 1.54) is 0 Å². The van der Waals surface area contributed by atoms with Gasteiger partial charge in [-0.05, 0) is 24.6 Å². The fourth-order valence-electron chi connectivity index (χ4n) is 1.34. The molecule has 2 rings (SSSR count). The Morgan fingerprint density at radius 3 is 2.76 bits per heavy atom. The Bertz CT molecular complexity index is 513. The molecule has 0 N–H and O–H groups in total. The maximum atomic E-state index is 6.04. The van der Waals surface area contributed by atoms with Crippen LogP contribution in [-0.2, 0) is 6.42 Å². The number of aryl methyl sites for hydroxylation is 1. The lowest BCUT2D eigenvalue weighted by atomic mass is 10.2. The van der Waals surface area contributed by atoms with Crippen LogP contribution in [0.4, 0.5) is 0 Å². The molecule has 0 bridgehead atoms. The Hall–Kier alpha value is -0.770. The molecule has 0 unspecified atom stereocenters. The van der Waals surface area contributed by atoms with Crippen molar-refractivity contribution in [2.45, 2.75) is 12.8 Å². The fourth-order valence-corrected chi connectivity index (χ4v) is 1.85. The number of alkyl halides is 1. The molecule has 0 radical (unpaired) electrons. The van der Waals surface area contributed by atoms with Crippen LogP contribution in [0.1, 0.15) is 12.3 Å². The van der Waals surface area contributed by atoms with Crippen molar-refractivity contribution in [1.29, 1.82) is 0 Å². The summed E-state index contributed by atoms with van der Waals surface area (Å²) in [6, 6.07) is 5.10. The average molecular weight is 292 g/mol. The Morgan fingerprint density at radius 2 is 2.00 bits per heavy atom. The first-order chi connectivity index (χ1) is 8.20. The van der Waals surface area contributed by atoms with Crippen LogP contribution >= 0.6 is 34.8 Å². The van der Waals surface area contributed by atoms with Gasteiger partial charge < -0.3 is 4.42 Å². The zero-order valence-corrected chi connectivity index (χ0v) is 11.1. The molecular formula is C11H9Cl3N2O. The SMILES string of the molecule is ClCCCc1nnc(-c2cc(Cl)ccc2Cl)o1. The molecule has 0 saturated heterocycles. The largest absolute Gasteiger partial charge is 0.421 e. The minimum atomic E-state index is 0.377. The molecule has 0 aliphatic rings. The second-order valence-electron chi connectivity index (χ2n) is 3.42. The Balaban J connectivity index is 2.27. The lowest BCUT2D eigenvalue weighted by molar-refractivity contribution is 0.502. The van der Waals surface area contributed by atoms with E-state index in [0.717, 1.165) is 6.42 Å². The minimum absolute atomic E-state index is 0.377. The summed E-state index contributed by atoms with van der Waals surface area (Å²) >= 11 is 17.5. The van der Waals surface area contributed by atoms with Crippen molar-refractivity contribution >= 4 is 34.8 Å². The van der Waals surface area contributed by atoms with Gasteiger partial charge in [0.05, 0.1) is 10.6 Å². The third kappa shape index (κ3) is 3.12. The van der Waals surface area contributed by atoms with Crippen LogP contribution < -0.4 is 0 Å². The lowest BCUT2D eigenvalue weighted by Crippen LogP contribution is -1.85. The van der Waals surface area contributed by atoms with Gasteiger partial charge in [-0.15, -0.1) is 21.8 Å². The first kappa shape index (κ1) is 12.7. The summed E-state index contributed by atoms with van der Waals surface area (Å²) in [6.07, 6.45) is 1.46. The molecule has 90 valence electrons. The van der Waals surface area contributed by atoms with Gasteiger partial charge in [-0.1, -0.05) is 23.2 Å². The maximum Gasteiger partial charge on any atom is 0.249 e. The molecule has 3 nitrogen and oxygen atoms in total. The molecule has 1 heterocycles. The predicted octanol–water partition coefficient (Wildman–Crippen LogP) is 4.21. The molecule has 0 aliphatic carbocycles. The molecule has 1 aromatic heterocycles. The highest BCUT2D eigenvalue weighted by Crippen LogP contribution is 2.29. The second kappa shape index (κ2) is 5.71. The van der Waals surface area contributed by atoms with Crippen molar-refractivity contribution < 1.29 is 4.42 Å². The maximum absolute atomic E-state index is 6.04. The van der Waals surface area contributed by atoms with E-state index in [2.05, 4.69) is 10.2 Å². The third-order valence-corrected chi connectivity index (χ3v) is 2.98. The molecule has 0 aliphatic heterocycles. The summed E-state index contributed by atoms with van der Waals surface area (Å²) in [5.41, 5.74) is 0.642. The van der Waals surface area contributed by atoms with Crippen molar-refractivity contribution in [3.05, 3.63) is 34.1 Å². The predicted molar refractivity (Wildman–Crippen MR) is 68.8 cm³/mol. The Kier molecular flexibility index (Phi) is 4.26. The van der Waals surface area contributed by atoms with E-state index in [-0.39, 0.29) is 0 Å². The van der Waals surface area contributed by atoms with Crippen LogP contribution in [0.5, 0.6) is 0 Å². The summed E-state index contributed by atoms with van der Waals surface area (Å²) in [5.74, 6) is 1.49. The van der Waals surface area contributed by atoms with Gasteiger partial charge in [0, 0.05) is 17.3 Å². The van der Waals surface area contributed by atoms with Crippen LogP contribution in [0, 0.1) is 0 Å². The van der Waals surface area contributed by atoms with E-state index in [1.807, 2.05) is 0 Å². The minimum Gasteiger partial charge on any atom is -0.421 e. The van der Waals surface area contributed by atoms with Gasteiger partial charge >= 0.3 is 0 Å². The normalized spacial score (nSPS) is 10.8. The van der Waals surface area contributed by atoms with Gasteiger partial charge in [-0.3, -0.25) is 0 Å². The van der Waals surface area contributed by atoms with Crippen molar-refractivity contribution in [3.63, 3.8) is 0 Å². The Labute approximate surface area is 114 Å². The van der Waals surface area contributed by atoms with Gasteiger partial charge in [-0.25, -0.2) is 0 Å². The topological polar surface area (TPSA) is 38.9 Å². The van der Waals surface area contributed by atoms with Crippen molar-refractivity contribution in [3.8, 4) is 11.5 Å². The number of hydrogen-bond acceptors (Lipinski definition) is 3. The summed E-state index contributed by atoms with van der Waals surface area (Å²) in [7, 11) is 0. The van der Waals surface area contributed by atoms with E-state index in [1.54, 1.807) is 18.2 Å². The molecule has 6 heteroatoms. The standard InChI is InChI=1S/C11H9Cl3N2O/c12-5-1-2-10-15-16-11(17-10)8-6-7(13)3-4-9(8)14/h3-4,6H,1-2,5H2. The molecule has 0 amide bonds. The molecular weight excluding hydrogens is 282 g/mol. The number of benzene rings is 1. The van der Waals surface area contributed by atoms with Crippen LogP contribution in [0.25, 0.3) is 11.5 Å². The van der Waals surface area contributed by atoms with E-state index in [4.69, 9.17) is 39.2 Å². The number of nitrogens with zero attached hydrogens (tertiary/aromatic N) is 2. The van der Waals surface area contributed by atoms with Crippen LogP contribution in [0.15, 0.2) is 22.6 Å². The first-order valence-corrected chi connectivity index (χ1v) is 6.33. The summed E-state index contributed by atoms with van der Waals surface area (Å²) in [4.78, 5) is 0. The fraction of sp³-hybridized carbons (Fsp3) is 0.273. The second-order valence-corrected chi connectivity index (χ2v) is 4.64. The van der Waals surface area contributed by atoms with Gasteiger partial charge in [0.25, 0.3) is 0 Å². The molecule has 1 aromatic carbocycles. The van der Waals surface area contributed by atoms with Gasteiger partial charge in [0.1, 0.15) is 0 Å². The number of rotatable bonds is 4. The highest BCUT2D eigenvalue weighted by molar-refractivity contribution is 6.35. The molecule has 0 atom stereocenters. The van der Waals surface area contributed by atoms with Gasteiger partial charge in [0.15, 0.2) is 0 Å². The van der Waals surface area contributed by atoms with E-state index >= 15 is 0 Å². The molecule has 2 aromatic rings. The molecule has 17 heavy (non-hydrogen) atoms. The summed E-state index contributed by atoms with van der Waals surface area (Å²) in [6.45, 7) is 0. The number of aromatic nitrogens is 2. The van der Waals surface area contributed by atoms with Crippen molar-refractivity contribution in [1.82, 2.24) is 10.2 Å². The smallest absolute Gasteiger partial charge is 0.249 e. The van der Waals surface area contributed by atoms with E-state index in [9.17, 15) is 0 Å². The zero-order chi connectivity index (χ0) is 12.3. The highest BCUT2D eigenvalue weighted by Gasteiger charge is 2.12. The van der Waals surface area contributed by atoms with E-state index < -0.39 is 0 Å². The lowest BCUT2D eigenvalue weighted by Gasteiger charge is -1.99. The van der Waals surface area contributed by atoms with Crippen molar-refractivity contribution in [2.24, 2.45) is 0 Å². The number of halogens is 3. The Morgan fingerprint density at radius 1 is 1.18 bits per heavy atom. The van der Waals surface area contributed by atoms with Crippen molar-refractivity contribution in [2.75, 3.05) is 5.88 Å². The monoisotopic (exact) mass is 290 g/mol. The zero-order valence-electron chi connectivity index (χ0n) is 8.79. The van der Waals surface area contributed by atoms with E-state index in [0.29, 0.717) is 39.7 Å². The van der Waals surface area contributed by atoms with Gasteiger partial charge in [-0.2, -0.15) is 0 Å². The number of hydrogen-bond donors (Lipinski definition) is 0. The average Bonchev–Trinajstić information content (AvgIpc) is 2.78. The molecule has 0 saturated carbocycles. The summed E-state index contributed by atoms with van der Waals surface area (Å²) in [5, 5.41) is 8.97. The summed E-state index contributed by atoms with van der Waals surface area (Å²) < 4.78 is 5.48. The third-order valence-electron chi connectivity index (χ3n) is 2.15. The van der Waals surface area contributed by atoms with Crippen LogP contribution in [-0.4, -0.2) is 16.1 Å². The van der Waals surface area contributed by atoms with Crippen LogP contribution in [0.2, 0.25) is 10.0 Å². The molecule has 0 fully saturated rings.